The smallest absolute Gasteiger partial charge is 0.306 e. The van der Waals surface area contributed by atoms with E-state index in [0.717, 1.165) is 13.0 Å². The number of hydrogen-bond donors (Lipinski definition) is 1. The molecule has 0 radical (unpaired) electrons. The highest BCUT2D eigenvalue weighted by Gasteiger charge is 2.29. The first kappa shape index (κ1) is 24.4. The van der Waals surface area contributed by atoms with Crippen LogP contribution in [0.5, 0.6) is 0 Å². The molecule has 1 aliphatic heterocycles. The number of carboxylic acids is 1. The van der Waals surface area contributed by atoms with Crippen LogP contribution in [-0.2, 0) is 4.79 Å². The van der Waals surface area contributed by atoms with Crippen molar-refractivity contribution in [3.63, 3.8) is 0 Å². The molecule has 1 N–H and O–H groups in total. The second-order valence-corrected chi connectivity index (χ2v) is 10.3. The van der Waals surface area contributed by atoms with Crippen LogP contribution in [0, 0.1) is 5.92 Å². The predicted octanol–water partition coefficient (Wildman–Crippen LogP) is 6.33. The van der Waals surface area contributed by atoms with Crippen molar-refractivity contribution in [1.82, 2.24) is 4.90 Å². The maximum absolute atomic E-state index is 13.0. The Morgan fingerprint density at radius 1 is 0.917 bits per heavy atom. The number of rotatable bonds is 6. The second-order valence-electron chi connectivity index (χ2n) is 10.3. The number of carbonyl (C=O) groups is 2. The van der Waals surface area contributed by atoms with Crippen LogP contribution in [-0.4, -0.2) is 47.6 Å². The molecule has 2 atom stereocenters. The van der Waals surface area contributed by atoms with Gasteiger partial charge in [0.1, 0.15) is 0 Å². The van der Waals surface area contributed by atoms with Gasteiger partial charge in [0.15, 0.2) is 0 Å². The van der Waals surface area contributed by atoms with Crippen LogP contribution in [0.4, 0.5) is 5.69 Å². The highest BCUT2D eigenvalue weighted by Crippen LogP contribution is 2.38. The Labute approximate surface area is 213 Å². The number of fused-ring (bicyclic) bond motifs is 1. The summed E-state index contributed by atoms with van der Waals surface area (Å²) in [7, 11) is 0. The Morgan fingerprint density at radius 3 is 2.36 bits per heavy atom. The summed E-state index contributed by atoms with van der Waals surface area (Å²) in [6.07, 6.45) is 5.78. The van der Waals surface area contributed by atoms with Crippen LogP contribution in [0.1, 0.15) is 67.3 Å². The van der Waals surface area contributed by atoms with Crippen molar-refractivity contribution >= 4 is 28.3 Å². The van der Waals surface area contributed by atoms with Gasteiger partial charge in [0.2, 0.25) is 0 Å². The van der Waals surface area contributed by atoms with E-state index >= 15 is 0 Å². The summed E-state index contributed by atoms with van der Waals surface area (Å²) in [5.74, 6) is -0.574. The van der Waals surface area contributed by atoms with Gasteiger partial charge < -0.3 is 14.9 Å². The second kappa shape index (κ2) is 10.7. The molecule has 1 saturated heterocycles. The first-order chi connectivity index (χ1) is 17.5. The molecule has 2 aliphatic rings. The highest BCUT2D eigenvalue weighted by molar-refractivity contribution is 5.95. The molecule has 3 aromatic carbocycles. The number of likely N-dealkylation sites (tertiary alicyclic amines) is 1. The van der Waals surface area contributed by atoms with Gasteiger partial charge in [-0.25, -0.2) is 0 Å². The van der Waals surface area contributed by atoms with E-state index < -0.39 is 5.97 Å². The molecule has 0 bridgehead atoms. The first-order valence-corrected chi connectivity index (χ1v) is 13.4. The number of piperidine rings is 1. The van der Waals surface area contributed by atoms with Crippen molar-refractivity contribution < 1.29 is 14.7 Å². The quantitative estimate of drug-likeness (QED) is 0.444. The Kier molecular flexibility index (Phi) is 7.26. The molecule has 2 unspecified atom stereocenters. The van der Waals surface area contributed by atoms with Crippen LogP contribution >= 0.6 is 0 Å². The Balaban J connectivity index is 1.27. The largest absolute Gasteiger partial charge is 0.481 e. The fourth-order valence-corrected chi connectivity index (χ4v) is 6.24. The van der Waals surface area contributed by atoms with E-state index in [1.54, 1.807) is 4.90 Å². The zero-order chi connectivity index (χ0) is 25.1. The molecule has 5 rings (SSSR count). The van der Waals surface area contributed by atoms with Crippen LogP contribution in [0.25, 0.3) is 10.8 Å². The maximum Gasteiger partial charge on any atom is 0.306 e. The molecule has 0 spiro atoms. The van der Waals surface area contributed by atoms with E-state index in [1.807, 2.05) is 12.1 Å². The zero-order valence-corrected chi connectivity index (χ0v) is 21.1. The number of benzene rings is 3. The lowest BCUT2D eigenvalue weighted by atomic mass is 9.80. The lowest BCUT2D eigenvalue weighted by molar-refractivity contribution is -0.143. The minimum atomic E-state index is -0.751. The summed E-state index contributed by atoms with van der Waals surface area (Å²) in [5, 5.41) is 11.8. The third kappa shape index (κ3) is 4.97. The van der Waals surface area contributed by atoms with Crippen LogP contribution < -0.4 is 4.90 Å². The van der Waals surface area contributed by atoms with Crippen molar-refractivity contribution in [3.05, 3.63) is 77.9 Å². The number of carbonyl (C=O) groups excluding carboxylic acids is 1. The monoisotopic (exact) mass is 484 g/mol. The Hall–Kier alpha value is -3.34. The Morgan fingerprint density at radius 2 is 1.64 bits per heavy atom. The minimum absolute atomic E-state index is 0.0139. The van der Waals surface area contributed by atoms with Crippen molar-refractivity contribution in [2.45, 2.75) is 57.4 Å². The number of carboxylic acid groups (broad SMARTS) is 1. The molecule has 3 aromatic rings. The van der Waals surface area contributed by atoms with E-state index in [1.165, 1.54) is 41.3 Å². The van der Waals surface area contributed by atoms with Gasteiger partial charge >= 0.3 is 5.97 Å². The average Bonchev–Trinajstić information content (AvgIpc) is 2.93. The average molecular weight is 485 g/mol. The summed E-state index contributed by atoms with van der Waals surface area (Å²) in [6.45, 7) is 4.27. The summed E-state index contributed by atoms with van der Waals surface area (Å²) < 4.78 is 0. The standard InChI is InChI=1S/C31H36N2O3/c1-2-33(29-12-6-8-23-7-3-4-11-28(23)29)27-10-5-9-26(21-27)22-13-15-24(16-14-22)30(34)32-19-17-25(18-20-32)31(35)36/h3-4,6-8,11-16,25-27H,2,5,9-10,17-21H2,1H3,(H,35,36). The highest BCUT2D eigenvalue weighted by atomic mass is 16.4. The van der Waals surface area contributed by atoms with Crippen molar-refractivity contribution in [1.29, 1.82) is 0 Å². The fraction of sp³-hybridized carbons (Fsp3) is 0.419. The van der Waals surface area contributed by atoms with Gasteiger partial charge in [0, 0.05) is 42.3 Å². The lowest BCUT2D eigenvalue weighted by Gasteiger charge is -2.39. The van der Waals surface area contributed by atoms with Crippen LogP contribution in [0.3, 0.4) is 0 Å². The molecule has 188 valence electrons. The number of amides is 1. The van der Waals surface area contributed by atoms with Crippen LogP contribution in [0.15, 0.2) is 66.7 Å². The third-order valence-corrected chi connectivity index (χ3v) is 8.26. The maximum atomic E-state index is 13.0. The molecule has 5 nitrogen and oxygen atoms in total. The molecular formula is C31H36N2O3. The van der Waals surface area contributed by atoms with E-state index in [-0.39, 0.29) is 11.8 Å². The summed E-state index contributed by atoms with van der Waals surface area (Å²) in [6, 6.07) is 24.0. The van der Waals surface area contributed by atoms with Gasteiger partial charge in [-0.05, 0) is 74.1 Å². The lowest BCUT2D eigenvalue weighted by Crippen LogP contribution is -2.40. The van der Waals surface area contributed by atoms with Gasteiger partial charge in [-0.15, -0.1) is 0 Å². The van der Waals surface area contributed by atoms with Crippen molar-refractivity contribution in [3.8, 4) is 0 Å². The van der Waals surface area contributed by atoms with Gasteiger partial charge in [0.25, 0.3) is 5.91 Å². The Bertz CT molecular complexity index is 1210. The van der Waals surface area contributed by atoms with E-state index in [0.29, 0.717) is 43.5 Å². The predicted molar refractivity (Wildman–Crippen MR) is 145 cm³/mol. The van der Waals surface area contributed by atoms with Crippen molar-refractivity contribution in [2.24, 2.45) is 5.92 Å². The van der Waals surface area contributed by atoms with E-state index in [4.69, 9.17) is 0 Å². The number of anilines is 1. The molecule has 1 saturated carbocycles. The number of nitrogens with zero attached hydrogens (tertiary/aromatic N) is 2. The molecule has 0 aromatic heterocycles. The molecule has 1 aliphatic carbocycles. The summed E-state index contributed by atoms with van der Waals surface area (Å²) >= 11 is 0. The number of aliphatic carboxylic acids is 1. The van der Waals surface area contributed by atoms with Gasteiger partial charge in [-0.2, -0.15) is 0 Å². The molecule has 36 heavy (non-hydrogen) atoms. The number of hydrogen-bond acceptors (Lipinski definition) is 3. The molecular weight excluding hydrogens is 448 g/mol. The zero-order valence-electron chi connectivity index (χ0n) is 21.1. The van der Waals surface area contributed by atoms with Crippen molar-refractivity contribution in [2.75, 3.05) is 24.5 Å². The fourth-order valence-electron chi connectivity index (χ4n) is 6.24. The SMILES string of the molecule is CCN(c1cccc2ccccc12)C1CCCC(c2ccc(C(=O)N3CCC(C(=O)O)CC3)cc2)C1. The third-order valence-electron chi connectivity index (χ3n) is 8.26. The minimum Gasteiger partial charge on any atom is -0.481 e. The van der Waals surface area contributed by atoms with E-state index in [2.05, 4.69) is 66.4 Å². The summed E-state index contributed by atoms with van der Waals surface area (Å²) in [5.41, 5.74) is 3.34. The molecule has 1 heterocycles. The summed E-state index contributed by atoms with van der Waals surface area (Å²) in [4.78, 5) is 28.6. The molecule has 1 amide bonds. The molecule has 5 heteroatoms. The topological polar surface area (TPSA) is 60.9 Å². The van der Waals surface area contributed by atoms with Gasteiger partial charge in [-0.1, -0.05) is 55.0 Å². The van der Waals surface area contributed by atoms with Crippen LogP contribution in [0.2, 0.25) is 0 Å². The van der Waals surface area contributed by atoms with E-state index in [9.17, 15) is 14.7 Å². The normalized spacial score (nSPS) is 20.9. The van der Waals surface area contributed by atoms with Gasteiger partial charge in [0.05, 0.1) is 5.92 Å². The first-order valence-electron chi connectivity index (χ1n) is 13.4. The molecule has 2 fully saturated rings. The van der Waals surface area contributed by atoms with Gasteiger partial charge in [-0.3, -0.25) is 9.59 Å².